The number of H-pyrrole nitrogens is 1. The maximum atomic E-state index is 12.4. The van der Waals surface area contributed by atoms with Gasteiger partial charge in [0, 0.05) is 22.9 Å². The molecule has 0 saturated heterocycles. The van der Waals surface area contributed by atoms with Crippen LogP contribution in [0.3, 0.4) is 0 Å². The Morgan fingerprint density at radius 3 is 3.12 bits per heavy atom. The van der Waals surface area contributed by atoms with Crippen LogP contribution in [-0.2, 0) is 4.79 Å². The number of rotatable bonds is 3. The van der Waals surface area contributed by atoms with E-state index in [9.17, 15) is 4.79 Å². The van der Waals surface area contributed by atoms with Gasteiger partial charge in [0.05, 0.1) is 24.4 Å². The first-order valence-corrected chi connectivity index (χ1v) is 8.34. The van der Waals surface area contributed by atoms with Crippen LogP contribution in [0.1, 0.15) is 24.1 Å². The molecule has 1 aliphatic rings. The van der Waals surface area contributed by atoms with E-state index < -0.39 is 0 Å². The summed E-state index contributed by atoms with van der Waals surface area (Å²) in [6, 6.07) is 13.7. The Morgan fingerprint density at radius 1 is 1.32 bits per heavy atom. The number of fused-ring (bicyclic) bond motifs is 2. The smallest absolute Gasteiger partial charge is 0.244 e. The number of carbonyl (C=O) groups is 1. The highest BCUT2D eigenvalue weighted by Gasteiger charge is 2.28. The number of nitrogens with zero attached hydrogens (tertiary/aromatic N) is 1. The highest BCUT2D eigenvalue weighted by Crippen LogP contribution is 2.34. The largest absolute Gasteiger partial charge is 0.493 e. The summed E-state index contributed by atoms with van der Waals surface area (Å²) in [5.74, 6) is 0.950. The second-order valence-electron chi connectivity index (χ2n) is 6.36. The van der Waals surface area contributed by atoms with Crippen LogP contribution in [0.25, 0.3) is 17.0 Å². The van der Waals surface area contributed by atoms with Crippen molar-refractivity contribution in [1.82, 2.24) is 15.5 Å². The fourth-order valence-corrected chi connectivity index (χ4v) is 3.14. The molecular weight excluding hydrogens is 314 g/mol. The summed E-state index contributed by atoms with van der Waals surface area (Å²) in [5.41, 5.74) is 2.93. The number of carbonyl (C=O) groups excluding carboxylic acids is 1. The number of hydrogen-bond acceptors (Lipinski definition) is 3. The number of aromatic nitrogens is 2. The second kappa shape index (κ2) is 6.43. The molecule has 1 aliphatic heterocycles. The lowest BCUT2D eigenvalue weighted by Gasteiger charge is -2.31. The highest BCUT2D eigenvalue weighted by atomic mass is 16.5. The predicted molar refractivity (Wildman–Crippen MR) is 97.1 cm³/mol. The van der Waals surface area contributed by atoms with E-state index in [4.69, 9.17) is 4.74 Å². The van der Waals surface area contributed by atoms with Crippen LogP contribution < -0.4 is 10.1 Å². The molecule has 0 bridgehead atoms. The zero-order valence-electron chi connectivity index (χ0n) is 13.9. The lowest BCUT2D eigenvalue weighted by Crippen LogP contribution is -2.36. The second-order valence-corrected chi connectivity index (χ2v) is 6.36. The minimum atomic E-state index is -0.113. The van der Waals surface area contributed by atoms with Gasteiger partial charge in [-0.25, -0.2) is 0 Å². The number of nitrogens with one attached hydrogen (secondary N) is 2. The average molecular weight is 333 g/mol. The van der Waals surface area contributed by atoms with E-state index in [-0.39, 0.29) is 17.9 Å². The maximum absolute atomic E-state index is 12.4. The van der Waals surface area contributed by atoms with Crippen molar-refractivity contribution in [2.24, 2.45) is 5.92 Å². The molecule has 3 aromatic rings. The number of para-hydroxylation sites is 1. The molecule has 126 valence electrons. The summed E-state index contributed by atoms with van der Waals surface area (Å²) in [6.45, 7) is 2.68. The Morgan fingerprint density at radius 2 is 2.20 bits per heavy atom. The molecule has 5 nitrogen and oxygen atoms in total. The summed E-state index contributed by atoms with van der Waals surface area (Å²) in [4.78, 5) is 12.4. The molecule has 0 saturated carbocycles. The van der Waals surface area contributed by atoms with Crippen LogP contribution in [0, 0.1) is 5.92 Å². The van der Waals surface area contributed by atoms with Gasteiger partial charge in [-0.1, -0.05) is 37.3 Å². The number of ether oxygens (including phenoxy) is 1. The minimum absolute atomic E-state index is 0.0443. The van der Waals surface area contributed by atoms with Crippen LogP contribution in [0.5, 0.6) is 5.75 Å². The van der Waals surface area contributed by atoms with Crippen molar-refractivity contribution in [3.63, 3.8) is 0 Å². The first-order chi connectivity index (χ1) is 12.2. The molecule has 0 radical (unpaired) electrons. The van der Waals surface area contributed by atoms with E-state index in [1.54, 1.807) is 12.3 Å². The Balaban J connectivity index is 1.50. The monoisotopic (exact) mass is 333 g/mol. The third-order valence-electron chi connectivity index (χ3n) is 4.52. The van der Waals surface area contributed by atoms with E-state index in [1.165, 1.54) is 0 Å². The Kier molecular flexibility index (Phi) is 3.98. The average Bonchev–Trinajstić information content (AvgIpc) is 3.10. The van der Waals surface area contributed by atoms with Crippen molar-refractivity contribution in [3.05, 3.63) is 65.9 Å². The van der Waals surface area contributed by atoms with E-state index in [0.29, 0.717) is 6.61 Å². The first-order valence-electron chi connectivity index (χ1n) is 8.34. The predicted octanol–water partition coefficient (Wildman–Crippen LogP) is 3.46. The third-order valence-corrected chi connectivity index (χ3v) is 4.52. The van der Waals surface area contributed by atoms with Gasteiger partial charge in [-0.05, 0) is 23.8 Å². The van der Waals surface area contributed by atoms with E-state index in [2.05, 4.69) is 22.4 Å². The lowest BCUT2D eigenvalue weighted by molar-refractivity contribution is -0.117. The van der Waals surface area contributed by atoms with Crippen molar-refractivity contribution in [1.29, 1.82) is 0 Å². The number of hydrogen-bond donors (Lipinski definition) is 2. The Hall–Kier alpha value is -3.08. The molecular formula is C20H19N3O2. The van der Waals surface area contributed by atoms with Crippen molar-refractivity contribution in [3.8, 4) is 5.75 Å². The molecule has 0 unspecified atom stereocenters. The van der Waals surface area contributed by atoms with Gasteiger partial charge in [-0.15, -0.1) is 0 Å². The summed E-state index contributed by atoms with van der Waals surface area (Å²) >= 11 is 0. The molecule has 2 N–H and O–H groups in total. The van der Waals surface area contributed by atoms with Crippen LogP contribution in [-0.4, -0.2) is 22.7 Å². The number of amides is 1. The molecule has 2 aromatic carbocycles. The third kappa shape index (κ3) is 3.13. The van der Waals surface area contributed by atoms with E-state index in [0.717, 1.165) is 27.8 Å². The van der Waals surface area contributed by atoms with Crippen molar-refractivity contribution < 1.29 is 9.53 Å². The van der Waals surface area contributed by atoms with Crippen LogP contribution >= 0.6 is 0 Å². The zero-order chi connectivity index (χ0) is 17.2. The Labute approximate surface area is 145 Å². The normalized spacial score (nSPS) is 19.6. The molecule has 5 heteroatoms. The van der Waals surface area contributed by atoms with Crippen LogP contribution in [0.2, 0.25) is 0 Å². The molecule has 0 fully saturated rings. The summed E-state index contributed by atoms with van der Waals surface area (Å²) in [5, 5.41) is 11.1. The zero-order valence-corrected chi connectivity index (χ0v) is 13.9. The van der Waals surface area contributed by atoms with Crippen molar-refractivity contribution >= 4 is 22.9 Å². The molecule has 1 amide bonds. The van der Waals surface area contributed by atoms with Gasteiger partial charge in [-0.2, -0.15) is 5.10 Å². The summed E-state index contributed by atoms with van der Waals surface area (Å²) in [7, 11) is 0. The van der Waals surface area contributed by atoms with Crippen LogP contribution in [0.4, 0.5) is 0 Å². The van der Waals surface area contributed by atoms with E-state index in [1.807, 2.05) is 48.5 Å². The van der Waals surface area contributed by atoms with Gasteiger partial charge in [-0.3, -0.25) is 9.89 Å². The summed E-state index contributed by atoms with van der Waals surface area (Å²) < 4.78 is 5.73. The summed E-state index contributed by atoms with van der Waals surface area (Å²) in [6.07, 6.45) is 5.16. The standard InChI is InChI=1S/C20H19N3O2/c1-13-12-25-18-5-3-2-4-16(18)20(13)22-19(24)9-7-14-6-8-15-11-21-23-17(15)10-14/h2-11,13,20H,12H2,1H3,(H,21,23)(H,22,24)/b9-7+/t13-,20+/m0/s1. The Bertz CT molecular complexity index is 945. The highest BCUT2D eigenvalue weighted by molar-refractivity contribution is 5.92. The molecule has 2 heterocycles. The van der Waals surface area contributed by atoms with Gasteiger partial charge >= 0.3 is 0 Å². The lowest BCUT2D eigenvalue weighted by atomic mass is 9.92. The molecule has 25 heavy (non-hydrogen) atoms. The van der Waals surface area contributed by atoms with Crippen LogP contribution in [0.15, 0.2) is 54.7 Å². The maximum Gasteiger partial charge on any atom is 0.244 e. The van der Waals surface area contributed by atoms with E-state index >= 15 is 0 Å². The number of benzene rings is 2. The molecule has 0 aliphatic carbocycles. The fourth-order valence-electron chi connectivity index (χ4n) is 3.14. The van der Waals surface area contributed by atoms with Gasteiger partial charge in [0.25, 0.3) is 0 Å². The quantitative estimate of drug-likeness (QED) is 0.721. The minimum Gasteiger partial charge on any atom is -0.493 e. The van der Waals surface area contributed by atoms with Crippen molar-refractivity contribution in [2.45, 2.75) is 13.0 Å². The molecule has 2 atom stereocenters. The van der Waals surface area contributed by atoms with Gasteiger partial charge in [0.1, 0.15) is 5.75 Å². The fraction of sp³-hybridized carbons (Fsp3) is 0.200. The topological polar surface area (TPSA) is 67.0 Å². The van der Waals surface area contributed by atoms with Gasteiger partial charge in [0.15, 0.2) is 0 Å². The molecule has 1 aromatic heterocycles. The molecule has 0 spiro atoms. The number of aromatic amines is 1. The van der Waals surface area contributed by atoms with Gasteiger partial charge < -0.3 is 10.1 Å². The van der Waals surface area contributed by atoms with Crippen molar-refractivity contribution in [2.75, 3.05) is 6.61 Å². The van der Waals surface area contributed by atoms with Gasteiger partial charge in [0.2, 0.25) is 5.91 Å². The molecule has 4 rings (SSSR count). The SMILES string of the molecule is C[C@H]1COc2ccccc2[C@@H]1NC(=O)/C=C/c1ccc2cn[nH]c2c1. The first kappa shape index (κ1) is 15.4.